The van der Waals surface area contributed by atoms with E-state index in [1.807, 2.05) is 53.4 Å². The fraction of sp³-hybridized carbons (Fsp3) is 0.348. The summed E-state index contributed by atoms with van der Waals surface area (Å²) in [5.74, 6) is 0.305. The third-order valence-electron chi connectivity index (χ3n) is 6.22. The standard InChI is InChI=1S/C23H24ClN5O2/c24-19-7-3-1-5-16(19)14-27-9-11-28(12-10-27)23(31)17-13-21(30)29(15-17)22-18-6-2-4-8-20(18)25-26-22/h1-8,17H,9-15H2,(H,25,26). The fourth-order valence-electron chi connectivity index (χ4n) is 4.48. The van der Waals surface area contributed by atoms with E-state index < -0.39 is 0 Å². The number of halogens is 1. The molecule has 2 aromatic carbocycles. The summed E-state index contributed by atoms with van der Waals surface area (Å²) in [7, 11) is 0. The Morgan fingerprint density at radius 1 is 1.06 bits per heavy atom. The molecule has 3 aromatic rings. The van der Waals surface area contributed by atoms with Crippen LogP contribution in [0.15, 0.2) is 48.5 Å². The summed E-state index contributed by atoms with van der Waals surface area (Å²) >= 11 is 6.28. The predicted octanol–water partition coefficient (Wildman–Crippen LogP) is 2.91. The summed E-state index contributed by atoms with van der Waals surface area (Å²) in [6.07, 6.45) is 0.236. The summed E-state index contributed by atoms with van der Waals surface area (Å²) in [6, 6.07) is 15.6. The number of nitrogens with one attached hydrogen (secondary N) is 1. The molecule has 1 atom stereocenters. The van der Waals surface area contributed by atoms with Gasteiger partial charge in [-0.1, -0.05) is 41.9 Å². The van der Waals surface area contributed by atoms with Crippen molar-refractivity contribution in [3.63, 3.8) is 0 Å². The van der Waals surface area contributed by atoms with Crippen LogP contribution < -0.4 is 4.90 Å². The lowest BCUT2D eigenvalue weighted by atomic mass is 10.1. The number of aromatic nitrogens is 2. The molecule has 2 fully saturated rings. The molecule has 31 heavy (non-hydrogen) atoms. The summed E-state index contributed by atoms with van der Waals surface area (Å²) in [5, 5.41) is 8.97. The van der Waals surface area contributed by atoms with Crippen LogP contribution in [0, 0.1) is 5.92 Å². The summed E-state index contributed by atoms with van der Waals surface area (Å²) < 4.78 is 0. The number of fused-ring (bicyclic) bond motifs is 1. The molecule has 160 valence electrons. The highest BCUT2D eigenvalue weighted by molar-refractivity contribution is 6.31. The Labute approximate surface area is 185 Å². The summed E-state index contributed by atoms with van der Waals surface area (Å²) in [5.41, 5.74) is 1.99. The quantitative estimate of drug-likeness (QED) is 0.681. The van der Waals surface area contributed by atoms with E-state index in [4.69, 9.17) is 11.6 Å². The number of nitrogens with zero attached hydrogens (tertiary/aromatic N) is 4. The topological polar surface area (TPSA) is 72.5 Å². The van der Waals surface area contributed by atoms with Crippen LogP contribution in [0.2, 0.25) is 5.02 Å². The van der Waals surface area contributed by atoms with Gasteiger partial charge in [0.15, 0.2) is 5.82 Å². The SMILES string of the molecule is O=C(C1CC(=O)N(c2n[nH]c3ccccc23)C1)N1CCN(Cc2ccccc2Cl)CC1. The molecule has 5 rings (SSSR count). The lowest BCUT2D eigenvalue weighted by Crippen LogP contribution is -2.50. The minimum absolute atomic E-state index is 0.0482. The molecule has 0 saturated carbocycles. The lowest BCUT2D eigenvalue weighted by Gasteiger charge is -2.36. The minimum Gasteiger partial charge on any atom is -0.340 e. The maximum Gasteiger partial charge on any atom is 0.229 e. The number of hydrogen-bond donors (Lipinski definition) is 1. The Morgan fingerprint density at radius 3 is 2.61 bits per heavy atom. The van der Waals surface area contributed by atoms with Crippen LogP contribution in [0.1, 0.15) is 12.0 Å². The van der Waals surface area contributed by atoms with Crippen molar-refractivity contribution in [2.75, 3.05) is 37.6 Å². The van der Waals surface area contributed by atoms with Gasteiger partial charge in [0.2, 0.25) is 11.8 Å². The first-order valence-electron chi connectivity index (χ1n) is 10.6. The molecule has 2 aliphatic heterocycles. The highest BCUT2D eigenvalue weighted by atomic mass is 35.5. The molecule has 8 heteroatoms. The van der Waals surface area contributed by atoms with Crippen LogP contribution in [-0.4, -0.2) is 64.5 Å². The number of piperazine rings is 1. The van der Waals surface area contributed by atoms with Gasteiger partial charge in [-0.05, 0) is 23.8 Å². The largest absolute Gasteiger partial charge is 0.340 e. The third kappa shape index (κ3) is 3.91. The van der Waals surface area contributed by atoms with E-state index in [1.54, 1.807) is 4.90 Å². The van der Waals surface area contributed by atoms with Gasteiger partial charge in [-0.15, -0.1) is 0 Å². The zero-order valence-electron chi connectivity index (χ0n) is 17.1. The molecule has 0 spiro atoms. The van der Waals surface area contributed by atoms with Crippen molar-refractivity contribution in [2.24, 2.45) is 5.92 Å². The van der Waals surface area contributed by atoms with Crippen molar-refractivity contribution in [1.82, 2.24) is 20.0 Å². The molecule has 2 saturated heterocycles. The smallest absolute Gasteiger partial charge is 0.229 e. The third-order valence-corrected chi connectivity index (χ3v) is 6.58. The van der Waals surface area contributed by atoms with Gasteiger partial charge in [-0.25, -0.2) is 0 Å². The fourth-order valence-corrected chi connectivity index (χ4v) is 4.68. The number of anilines is 1. The van der Waals surface area contributed by atoms with Gasteiger partial charge in [0.25, 0.3) is 0 Å². The van der Waals surface area contributed by atoms with Crippen LogP contribution in [0.25, 0.3) is 10.9 Å². The molecule has 2 aliphatic rings. The summed E-state index contributed by atoms with van der Waals surface area (Å²) in [4.78, 5) is 31.7. The van der Waals surface area contributed by atoms with Crippen LogP contribution in [-0.2, 0) is 16.1 Å². The van der Waals surface area contributed by atoms with E-state index in [9.17, 15) is 9.59 Å². The maximum atomic E-state index is 13.1. The van der Waals surface area contributed by atoms with Crippen LogP contribution in [0.5, 0.6) is 0 Å². The molecule has 7 nitrogen and oxygen atoms in total. The van der Waals surface area contributed by atoms with E-state index in [2.05, 4.69) is 15.1 Å². The molecule has 0 bridgehead atoms. The number of amides is 2. The summed E-state index contributed by atoms with van der Waals surface area (Å²) in [6.45, 7) is 4.09. The zero-order chi connectivity index (χ0) is 21.4. The zero-order valence-corrected chi connectivity index (χ0v) is 17.9. The van der Waals surface area contributed by atoms with Crippen LogP contribution in [0.3, 0.4) is 0 Å². The lowest BCUT2D eigenvalue weighted by molar-refractivity contribution is -0.137. The highest BCUT2D eigenvalue weighted by Gasteiger charge is 2.39. The molecule has 2 amide bonds. The van der Waals surface area contributed by atoms with Crippen LogP contribution >= 0.6 is 11.6 Å². The predicted molar refractivity (Wildman–Crippen MR) is 120 cm³/mol. The Hall–Kier alpha value is -2.90. The number of rotatable bonds is 4. The first kappa shape index (κ1) is 20.0. The number of para-hydroxylation sites is 1. The van der Waals surface area contributed by atoms with Gasteiger partial charge >= 0.3 is 0 Å². The second-order valence-electron chi connectivity index (χ2n) is 8.19. The van der Waals surface area contributed by atoms with Gasteiger partial charge < -0.3 is 4.90 Å². The molecule has 0 aliphatic carbocycles. The Morgan fingerprint density at radius 2 is 1.81 bits per heavy atom. The van der Waals surface area contributed by atoms with Crippen LogP contribution in [0.4, 0.5) is 5.82 Å². The number of benzene rings is 2. The van der Waals surface area contributed by atoms with E-state index in [0.717, 1.165) is 41.1 Å². The molecule has 0 radical (unpaired) electrons. The van der Waals surface area contributed by atoms with Gasteiger partial charge in [0.05, 0.1) is 11.4 Å². The van der Waals surface area contributed by atoms with Crippen molar-refractivity contribution in [3.05, 3.63) is 59.1 Å². The maximum absolute atomic E-state index is 13.1. The van der Waals surface area contributed by atoms with Crippen molar-refractivity contribution in [2.45, 2.75) is 13.0 Å². The molecule has 3 heterocycles. The molecule has 1 unspecified atom stereocenters. The van der Waals surface area contributed by atoms with Crippen molar-refractivity contribution < 1.29 is 9.59 Å². The number of carbonyl (C=O) groups excluding carboxylic acids is 2. The molecule has 1 N–H and O–H groups in total. The second-order valence-corrected chi connectivity index (χ2v) is 8.60. The van der Waals surface area contributed by atoms with Crippen molar-refractivity contribution >= 4 is 40.1 Å². The van der Waals surface area contributed by atoms with Crippen molar-refractivity contribution in [3.8, 4) is 0 Å². The van der Waals surface area contributed by atoms with E-state index in [0.29, 0.717) is 25.5 Å². The average molecular weight is 438 g/mol. The van der Waals surface area contributed by atoms with E-state index in [1.165, 1.54) is 0 Å². The monoisotopic (exact) mass is 437 g/mol. The molecule has 1 aromatic heterocycles. The van der Waals surface area contributed by atoms with E-state index in [-0.39, 0.29) is 24.2 Å². The number of carbonyl (C=O) groups is 2. The number of H-pyrrole nitrogens is 1. The van der Waals surface area contributed by atoms with Gasteiger partial charge in [0.1, 0.15) is 0 Å². The first-order chi connectivity index (χ1) is 15.1. The number of hydrogen-bond acceptors (Lipinski definition) is 4. The normalized spacial score (nSPS) is 20.0. The average Bonchev–Trinajstić information content (AvgIpc) is 3.38. The number of aromatic amines is 1. The van der Waals surface area contributed by atoms with E-state index >= 15 is 0 Å². The van der Waals surface area contributed by atoms with Gasteiger partial charge in [0, 0.05) is 56.1 Å². The Balaban J connectivity index is 1.21. The highest BCUT2D eigenvalue weighted by Crippen LogP contribution is 2.30. The molecular formula is C23H24ClN5O2. The van der Waals surface area contributed by atoms with Crippen molar-refractivity contribution in [1.29, 1.82) is 0 Å². The van der Waals surface area contributed by atoms with Gasteiger partial charge in [-0.2, -0.15) is 5.10 Å². The first-order valence-corrected chi connectivity index (χ1v) is 11.0. The molecular weight excluding hydrogens is 414 g/mol. The minimum atomic E-state index is -0.321. The second kappa shape index (κ2) is 8.32. The van der Waals surface area contributed by atoms with Gasteiger partial charge in [-0.3, -0.25) is 24.5 Å². The Kier molecular flexibility index (Phi) is 5.38. The Bertz CT molecular complexity index is 1120.